The first kappa shape index (κ1) is 11.9. The van der Waals surface area contributed by atoms with E-state index in [9.17, 15) is 13.0 Å². The van der Waals surface area contributed by atoms with Gasteiger partial charge in [0.15, 0.2) is 18.9 Å². The third-order valence-corrected chi connectivity index (χ3v) is 2.67. The molecule has 15 heavy (non-hydrogen) atoms. The topological polar surface area (TPSA) is 64.3 Å². The molecular formula is C9H14N2O3S. The average Bonchev–Trinajstić information content (AvgIpc) is 2.14. The van der Waals surface area contributed by atoms with Crippen LogP contribution in [0.3, 0.4) is 0 Å². The Bertz CT molecular complexity index is 411. The molecule has 0 saturated carbocycles. The quantitative estimate of drug-likeness (QED) is 0.521. The molecule has 0 aromatic carbocycles. The van der Waals surface area contributed by atoms with Gasteiger partial charge in [0.05, 0.1) is 5.75 Å². The Kier molecular flexibility index (Phi) is 3.65. The number of hydrogen-bond acceptors (Lipinski definition) is 4. The zero-order valence-corrected chi connectivity index (χ0v) is 9.57. The largest absolute Gasteiger partial charge is 0.748 e. The summed E-state index contributed by atoms with van der Waals surface area (Å²) in [6, 6.07) is 3.72. The average molecular weight is 230 g/mol. The molecular weight excluding hydrogens is 216 g/mol. The lowest BCUT2D eigenvalue weighted by molar-refractivity contribution is -0.692. The second-order valence-electron chi connectivity index (χ2n) is 3.45. The Hall–Kier alpha value is -1.14. The van der Waals surface area contributed by atoms with Crippen molar-refractivity contribution in [2.75, 3.05) is 24.7 Å². The van der Waals surface area contributed by atoms with Crippen LogP contribution in [0.4, 0.5) is 5.69 Å². The van der Waals surface area contributed by atoms with Crippen molar-refractivity contribution in [2.45, 2.75) is 6.54 Å². The normalized spacial score (nSPS) is 11.4. The Balaban J connectivity index is 2.65. The van der Waals surface area contributed by atoms with Gasteiger partial charge in [-0.15, -0.1) is 0 Å². The third kappa shape index (κ3) is 4.26. The predicted molar refractivity (Wildman–Crippen MR) is 55.5 cm³/mol. The van der Waals surface area contributed by atoms with Crippen molar-refractivity contribution in [3.8, 4) is 0 Å². The summed E-state index contributed by atoms with van der Waals surface area (Å²) in [5, 5.41) is 0. The number of rotatable bonds is 4. The Morgan fingerprint density at radius 3 is 2.27 bits per heavy atom. The smallest absolute Gasteiger partial charge is 0.170 e. The highest BCUT2D eigenvalue weighted by Gasteiger charge is 2.04. The summed E-state index contributed by atoms with van der Waals surface area (Å²) < 4.78 is 32.9. The van der Waals surface area contributed by atoms with E-state index in [-0.39, 0.29) is 12.3 Å². The fourth-order valence-electron chi connectivity index (χ4n) is 1.11. The minimum absolute atomic E-state index is 0.194. The molecule has 1 aromatic rings. The summed E-state index contributed by atoms with van der Waals surface area (Å²) in [4.78, 5) is 1.94. The summed E-state index contributed by atoms with van der Waals surface area (Å²) in [6.07, 6.45) is 3.50. The lowest BCUT2D eigenvalue weighted by Gasteiger charge is -2.10. The predicted octanol–water partition coefficient (Wildman–Crippen LogP) is -0.415. The first-order valence-corrected chi connectivity index (χ1v) is 6.06. The van der Waals surface area contributed by atoms with E-state index in [4.69, 9.17) is 0 Å². The fourth-order valence-corrected chi connectivity index (χ4v) is 1.55. The summed E-state index contributed by atoms with van der Waals surface area (Å²) in [5.41, 5.74) is 1.02. The first-order valence-electron chi connectivity index (χ1n) is 4.48. The summed E-state index contributed by atoms with van der Waals surface area (Å²) in [5.74, 6) is -0.376. The molecule has 0 atom stereocenters. The molecule has 1 heterocycles. The van der Waals surface area contributed by atoms with Crippen molar-refractivity contribution in [3.63, 3.8) is 0 Å². The molecule has 5 nitrogen and oxygen atoms in total. The van der Waals surface area contributed by atoms with E-state index in [1.807, 2.05) is 31.1 Å². The molecule has 1 aromatic heterocycles. The summed E-state index contributed by atoms with van der Waals surface area (Å²) in [6.45, 7) is 0.194. The minimum atomic E-state index is -4.13. The van der Waals surface area contributed by atoms with Crippen LogP contribution < -0.4 is 9.47 Å². The highest BCUT2D eigenvalue weighted by Crippen LogP contribution is 2.05. The molecule has 0 unspecified atom stereocenters. The van der Waals surface area contributed by atoms with E-state index in [0.717, 1.165) is 5.69 Å². The zero-order valence-electron chi connectivity index (χ0n) is 8.75. The van der Waals surface area contributed by atoms with Gasteiger partial charge in [-0.25, -0.2) is 13.0 Å². The highest BCUT2D eigenvalue weighted by molar-refractivity contribution is 7.85. The Morgan fingerprint density at radius 2 is 1.87 bits per heavy atom. The van der Waals surface area contributed by atoms with Gasteiger partial charge in [0.2, 0.25) is 0 Å². The van der Waals surface area contributed by atoms with Crippen LogP contribution in [0.15, 0.2) is 24.5 Å². The highest BCUT2D eigenvalue weighted by atomic mass is 32.2. The number of nitrogens with zero attached hydrogens (tertiary/aromatic N) is 2. The molecule has 0 aliphatic heterocycles. The Morgan fingerprint density at radius 1 is 1.33 bits per heavy atom. The number of pyridine rings is 1. The first-order chi connectivity index (χ1) is 6.88. The molecule has 0 aliphatic carbocycles. The van der Waals surface area contributed by atoms with Gasteiger partial charge >= 0.3 is 0 Å². The van der Waals surface area contributed by atoms with Gasteiger partial charge in [-0.2, -0.15) is 0 Å². The van der Waals surface area contributed by atoms with Crippen LogP contribution in [0.1, 0.15) is 0 Å². The molecule has 0 amide bonds. The van der Waals surface area contributed by atoms with E-state index >= 15 is 0 Å². The lowest BCUT2D eigenvalue weighted by atomic mass is 10.4. The van der Waals surface area contributed by atoms with Crippen molar-refractivity contribution in [1.29, 1.82) is 0 Å². The molecule has 0 bridgehead atoms. The number of hydrogen-bond donors (Lipinski definition) is 0. The molecule has 0 saturated heterocycles. The van der Waals surface area contributed by atoms with Gasteiger partial charge < -0.3 is 9.45 Å². The maximum absolute atomic E-state index is 10.4. The third-order valence-electron chi connectivity index (χ3n) is 1.99. The van der Waals surface area contributed by atoms with Crippen molar-refractivity contribution in [1.82, 2.24) is 0 Å². The van der Waals surface area contributed by atoms with Gasteiger partial charge in [-0.1, -0.05) is 0 Å². The maximum atomic E-state index is 10.4. The molecule has 6 heteroatoms. The summed E-state index contributed by atoms with van der Waals surface area (Å²) >= 11 is 0. The van der Waals surface area contributed by atoms with Crippen LogP contribution in [-0.4, -0.2) is 32.8 Å². The van der Waals surface area contributed by atoms with Crippen LogP contribution >= 0.6 is 0 Å². The maximum Gasteiger partial charge on any atom is 0.170 e. The molecule has 0 radical (unpaired) electrons. The van der Waals surface area contributed by atoms with Crippen LogP contribution in [0.2, 0.25) is 0 Å². The molecule has 0 spiro atoms. The van der Waals surface area contributed by atoms with Gasteiger partial charge in [0.25, 0.3) is 0 Å². The number of anilines is 1. The zero-order chi connectivity index (χ0) is 11.5. The second-order valence-corrected chi connectivity index (χ2v) is 4.97. The van der Waals surface area contributed by atoms with Crippen molar-refractivity contribution in [2.24, 2.45) is 0 Å². The van der Waals surface area contributed by atoms with Gasteiger partial charge in [-0.3, -0.25) is 0 Å². The summed E-state index contributed by atoms with van der Waals surface area (Å²) in [7, 11) is -0.293. The Labute approximate surface area is 89.7 Å². The lowest BCUT2D eigenvalue weighted by Crippen LogP contribution is -2.36. The van der Waals surface area contributed by atoms with Gasteiger partial charge in [-0.05, 0) is 0 Å². The minimum Gasteiger partial charge on any atom is -0.748 e. The van der Waals surface area contributed by atoms with E-state index in [1.54, 1.807) is 17.0 Å². The van der Waals surface area contributed by atoms with E-state index < -0.39 is 10.1 Å². The van der Waals surface area contributed by atoms with Crippen LogP contribution in [-0.2, 0) is 16.7 Å². The van der Waals surface area contributed by atoms with Gasteiger partial charge in [0.1, 0.15) is 10.1 Å². The van der Waals surface area contributed by atoms with Crippen LogP contribution in [0, 0.1) is 0 Å². The molecule has 0 fully saturated rings. The molecule has 0 N–H and O–H groups in total. The van der Waals surface area contributed by atoms with E-state index in [2.05, 4.69) is 0 Å². The van der Waals surface area contributed by atoms with Crippen molar-refractivity contribution < 1.29 is 17.5 Å². The monoisotopic (exact) mass is 230 g/mol. The van der Waals surface area contributed by atoms with Crippen molar-refractivity contribution >= 4 is 15.8 Å². The van der Waals surface area contributed by atoms with Crippen LogP contribution in [0.25, 0.3) is 0 Å². The SMILES string of the molecule is CN(C)c1cc[n+](CCS(=O)(=O)[O-])cc1. The van der Waals surface area contributed by atoms with Crippen molar-refractivity contribution in [3.05, 3.63) is 24.5 Å². The fraction of sp³-hybridized carbons (Fsp3) is 0.444. The second kappa shape index (κ2) is 4.59. The van der Waals surface area contributed by atoms with E-state index in [0.29, 0.717) is 0 Å². The molecule has 0 aliphatic rings. The number of aryl methyl sites for hydroxylation is 1. The molecule has 1 rings (SSSR count). The van der Waals surface area contributed by atoms with Gasteiger partial charge in [0, 0.05) is 31.9 Å². The van der Waals surface area contributed by atoms with Crippen LogP contribution in [0.5, 0.6) is 0 Å². The van der Waals surface area contributed by atoms with E-state index in [1.165, 1.54) is 0 Å². The standard InChI is InChI=1S/C9H14N2O3S/c1-10(2)9-3-5-11(6-4-9)7-8-15(12,13)14/h3-6H,7-8H2,1-2H3. The molecule has 84 valence electrons. The number of aromatic nitrogens is 1.